The van der Waals surface area contributed by atoms with Crippen LogP contribution in [0, 0.1) is 11.8 Å². The van der Waals surface area contributed by atoms with Gasteiger partial charge in [-0.25, -0.2) is 14.8 Å². The second-order valence-electron chi connectivity index (χ2n) is 16.3. The lowest BCUT2D eigenvalue weighted by atomic mass is 9.96. The fraction of sp³-hybridized carbons (Fsp3) is 0.455. The van der Waals surface area contributed by atoms with E-state index in [1.807, 2.05) is 62.2 Å². The molecule has 2 aromatic carbocycles. The molecule has 310 valence electrons. The van der Waals surface area contributed by atoms with Crippen molar-refractivity contribution >= 4 is 28.8 Å². The van der Waals surface area contributed by atoms with E-state index in [0.29, 0.717) is 13.1 Å². The molecule has 0 spiro atoms. The number of imidazole rings is 2. The Balaban J connectivity index is 0.989. The van der Waals surface area contributed by atoms with Crippen LogP contribution in [0.5, 0.6) is 0 Å². The molecule has 3 amide bonds. The van der Waals surface area contributed by atoms with E-state index in [4.69, 9.17) is 29.2 Å². The maximum atomic E-state index is 13.9. The number of aromatic amines is 2. The average molecular weight is 804 g/mol. The van der Waals surface area contributed by atoms with Gasteiger partial charge in [-0.05, 0) is 54.7 Å². The fourth-order valence-corrected chi connectivity index (χ4v) is 8.57. The SMILES string of the molecule is COC(=O)N[C@H](C(=O)N1CCC[C@H]1c1ncc(-c2ccc(-c3ccc(-c4cnc([C@@H]5CCCN5C(=O)[C@@H](NC5OC5OC)C(C)C)[nH]4)c4cccnc34)cc2)[nH]1)C(C)C. The van der Waals surface area contributed by atoms with E-state index in [2.05, 4.69) is 63.1 Å². The van der Waals surface area contributed by atoms with Gasteiger partial charge in [0.15, 0.2) is 12.5 Å². The quantitative estimate of drug-likeness (QED) is 0.0982. The van der Waals surface area contributed by atoms with Gasteiger partial charge in [0.1, 0.15) is 17.7 Å². The van der Waals surface area contributed by atoms with Gasteiger partial charge >= 0.3 is 6.09 Å². The molecule has 3 aliphatic rings. The van der Waals surface area contributed by atoms with Crippen molar-refractivity contribution in [1.82, 2.24) is 45.4 Å². The molecule has 4 N–H and O–H groups in total. The maximum Gasteiger partial charge on any atom is 0.407 e. The van der Waals surface area contributed by atoms with Gasteiger partial charge in [0, 0.05) is 42.9 Å². The van der Waals surface area contributed by atoms with E-state index in [9.17, 15) is 14.4 Å². The molecule has 3 fully saturated rings. The van der Waals surface area contributed by atoms with Gasteiger partial charge in [-0.15, -0.1) is 0 Å². The highest BCUT2D eigenvalue weighted by Gasteiger charge is 2.45. The molecule has 5 aromatic rings. The van der Waals surface area contributed by atoms with Crippen LogP contribution in [0.1, 0.15) is 77.1 Å². The summed E-state index contributed by atoms with van der Waals surface area (Å²) in [6, 6.07) is 15.0. The second-order valence-corrected chi connectivity index (χ2v) is 16.3. The van der Waals surface area contributed by atoms with Crippen molar-refractivity contribution in [2.45, 2.75) is 90.1 Å². The fourth-order valence-electron chi connectivity index (χ4n) is 8.57. The van der Waals surface area contributed by atoms with Crippen molar-refractivity contribution in [2.24, 2.45) is 11.8 Å². The van der Waals surface area contributed by atoms with Crippen molar-refractivity contribution in [2.75, 3.05) is 27.3 Å². The summed E-state index contributed by atoms with van der Waals surface area (Å²) >= 11 is 0. The van der Waals surface area contributed by atoms with Gasteiger partial charge in [-0.2, -0.15) is 0 Å². The minimum atomic E-state index is -0.694. The summed E-state index contributed by atoms with van der Waals surface area (Å²) in [6.07, 6.45) is 7.59. The predicted molar refractivity (Wildman–Crippen MR) is 221 cm³/mol. The first-order valence-electron chi connectivity index (χ1n) is 20.5. The molecule has 3 aliphatic heterocycles. The van der Waals surface area contributed by atoms with Gasteiger partial charge < -0.3 is 39.3 Å². The zero-order valence-electron chi connectivity index (χ0n) is 34.4. The Hall–Kier alpha value is -5.64. The third-order valence-corrected chi connectivity index (χ3v) is 11.8. The average Bonchev–Trinajstić information content (AvgIpc) is 3.84. The summed E-state index contributed by atoms with van der Waals surface area (Å²) in [5.74, 6) is 1.35. The van der Waals surface area contributed by atoms with Crippen LogP contribution in [-0.2, 0) is 23.8 Å². The zero-order valence-corrected chi connectivity index (χ0v) is 34.4. The van der Waals surface area contributed by atoms with Crippen LogP contribution in [0.3, 0.4) is 0 Å². The number of hydrogen-bond donors (Lipinski definition) is 4. The third kappa shape index (κ3) is 8.06. The lowest BCUT2D eigenvalue weighted by Crippen LogP contribution is -2.51. The first kappa shape index (κ1) is 40.2. The highest BCUT2D eigenvalue weighted by atomic mass is 16.8. The van der Waals surface area contributed by atoms with Crippen LogP contribution in [0.15, 0.2) is 67.1 Å². The molecule has 15 nitrogen and oxygen atoms in total. The molecule has 0 saturated carbocycles. The standard InChI is InChI=1S/C44H53N9O6/c1-24(2)35(50-40-43(57-5)59-40)41(54)52-20-9-12-34(52)39-47-23-32(49-39)29-18-17-28(37-30(29)10-7-19-45-37)26-13-15-27(16-14-26)31-22-46-38(48-31)33-11-8-21-53(33)42(55)36(25(3)4)51-44(56)58-6/h7,10,13-19,22-25,33-36,40,43,50H,8-9,11-12,20-21H2,1-6H3,(H,46,48)(H,47,49)(H,51,56)/t33-,34-,35-,36-,40?,43?/m0/s1. The number of hydrogen-bond acceptors (Lipinski definition) is 10. The van der Waals surface area contributed by atoms with Crippen LogP contribution in [0.2, 0.25) is 0 Å². The summed E-state index contributed by atoms with van der Waals surface area (Å²) in [6.45, 7) is 9.14. The number of pyridine rings is 1. The van der Waals surface area contributed by atoms with E-state index < -0.39 is 18.2 Å². The minimum Gasteiger partial charge on any atom is -0.453 e. The molecule has 0 radical (unpaired) electrons. The summed E-state index contributed by atoms with van der Waals surface area (Å²) in [4.78, 5) is 64.7. The Morgan fingerprint density at radius 2 is 1.36 bits per heavy atom. The van der Waals surface area contributed by atoms with Crippen molar-refractivity contribution < 1.29 is 28.6 Å². The maximum absolute atomic E-state index is 13.9. The molecule has 6 heterocycles. The Labute approximate surface area is 343 Å². The molecule has 0 bridgehead atoms. The molecule has 2 unspecified atom stereocenters. The van der Waals surface area contributed by atoms with E-state index in [0.717, 1.165) is 81.9 Å². The second kappa shape index (κ2) is 16.9. The number of H-pyrrole nitrogens is 2. The summed E-state index contributed by atoms with van der Waals surface area (Å²) in [5, 5.41) is 7.04. The minimum absolute atomic E-state index is 0.0439. The van der Waals surface area contributed by atoms with Crippen molar-refractivity contribution in [3.8, 4) is 33.6 Å². The number of fused-ring (bicyclic) bond motifs is 1. The Morgan fingerprint density at radius 1 is 0.763 bits per heavy atom. The van der Waals surface area contributed by atoms with E-state index in [1.165, 1.54) is 7.11 Å². The number of methoxy groups -OCH3 is 2. The number of carbonyl (C=O) groups is 3. The van der Waals surface area contributed by atoms with Crippen LogP contribution < -0.4 is 10.6 Å². The number of nitrogens with one attached hydrogen (secondary N) is 4. The first-order valence-corrected chi connectivity index (χ1v) is 20.5. The van der Waals surface area contributed by atoms with Crippen molar-refractivity contribution in [3.63, 3.8) is 0 Å². The molecule has 6 atom stereocenters. The lowest BCUT2D eigenvalue weighted by Gasteiger charge is -2.30. The molecular formula is C44H53N9O6. The van der Waals surface area contributed by atoms with E-state index in [1.54, 1.807) is 7.11 Å². The number of carbonyl (C=O) groups excluding carboxylic acids is 3. The smallest absolute Gasteiger partial charge is 0.407 e. The van der Waals surface area contributed by atoms with Crippen molar-refractivity contribution in [1.29, 1.82) is 0 Å². The number of benzene rings is 2. The monoisotopic (exact) mass is 803 g/mol. The molecule has 3 saturated heterocycles. The van der Waals surface area contributed by atoms with Gasteiger partial charge in [-0.1, -0.05) is 70.2 Å². The topological polar surface area (TPSA) is 183 Å². The molecule has 59 heavy (non-hydrogen) atoms. The first-order chi connectivity index (χ1) is 28.6. The summed E-state index contributed by atoms with van der Waals surface area (Å²) in [7, 11) is 2.89. The molecular weight excluding hydrogens is 751 g/mol. The van der Waals surface area contributed by atoms with Crippen molar-refractivity contribution in [3.05, 3.63) is 78.8 Å². The number of amides is 3. The molecule has 15 heteroatoms. The molecule has 8 rings (SSSR count). The number of aromatic nitrogens is 5. The highest BCUT2D eigenvalue weighted by molar-refractivity contribution is 6.02. The van der Waals surface area contributed by atoms with Crippen LogP contribution in [0.4, 0.5) is 4.79 Å². The van der Waals surface area contributed by atoms with Gasteiger partial charge in [0.25, 0.3) is 0 Å². The number of epoxide rings is 1. The number of ether oxygens (including phenoxy) is 3. The largest absolute Gasteiger partial charge is 0.453 e. The predicted octanol–water partition coefficient (Wildman–Crippen LogP) is 6.33. The van der Waals surface area contributed by atoms with Crippen LogP contribution in [-0.4, -0.2) is 105 Å². The van der Waals surface area contributed by atoms with E-state index in [-0.39, 0.29) is 48.3 Å². The Kier molecular flexibility index (Phi) is 11.5. The van der Waals surface area contributed by atoms with Crippen LogP contribution in [0.25, 0.3) is 44.5 Å². The summed E-state index contributed by atoms with van der Waals surface area (Å²) in [5.41, 5.74) is 6.53. The molecule has 3 aromatic heterocycles. The normalized spacial score (nSPS) is 21.4. The number of alkyl carbamates (subject to hydrolysis) is 1. The molecule has 0 aliphatic carbocycles. The summed E-state index contributed by atoms with van der Waals surface area (Å²) < 4.78 is 15.6. The van der Waals surface area contributed by atoms with Crippen LogP contribution >= 0.6 is 0 Å². The third-order valence-electron chi connectivity index (χ3n) is 11.8. The number of rotatable bonds is 13. The van der Waals surface area contributed by atoms with Gasteiger partial charge in [0.05, 0.1) is 54.5 Å². The highest BCUT2D eigenvalue weighted by Crippen LogP contribution is 2.38. The Morgan fingerprint density at radius 3 is 1.97 bits per heavy atom. The lowest BCUT2D eigenvalue weighted by molar-refractivity contribution is -0.136. The number of nitrogens with zero attached hydrogens (tertiary/aromatic N) is 5. The zero-order chi connectivity index (χ0) is 41.4. The van der Waals surface area contributed by atoms with Gasteiger partial charge in [0.2, 0.25) is 11.8 Å². The Bertz CT molecular complexity index is 2300. The van der Waals surface area contributed by atoms with Gasteiger partial charge in [-0.3, -0.25) is 19.9 Å². The number of likely N-dealkylation sites (tertiary alicyclic amines) is 2. The van der Waals surface area contributed by atoms with E-state index >= 15 is 0 Å².